The number of benzene rings is 1. The number of hydrogen-bond donors (Lipinski definition) is 1. The van der Waals surface area contributed by atoms with Crippen LogP contribution in [0.4, 0.5) is 5.69 Å². The van der Waals surface area contributed by atoms with Gasteiger partial charge in [-0.3, -0.25) is 14.8 Å². The molecule has 0 saturated heterocycles. The van der Waals surface area contributed by atoms with Crippen LogP contribution >= 0.6 is 11.6 Å². The maximum Gasteiger partial charge on any atom is 0.227 e. The van der Waals surface area contributed by atoms with Gasteiger partial charge in [0.25, 0.3) is 0 Å². The van der Waals surface area contributed by atoms with Crippen molar-refractivity contribution in [3.63, 3.8) is 0 Å². The molecule has 1 aromatic rings. The van der Waals surface area contributed by atoms with Crippen LogP contribution in [0.1, 0.15) is 19.4 Å². The van der Waals surface area contributed by atoms with Gasteiger partial charge in [0.15, 0.2) is 0 Å². The van der Waals surface area contributed by atoms with E-state index in [-0.39, 0.29) is 0 Å². The van der Waals surface area contributed by atoms with Crippen LogP contribution in [0.3, 0.4) is 0 Å². The Labute approximate surface area is 118 Å². The number of nitrogens with one attached hydrogen (secondary N) is 1. The molecular weight excluding hydrogens is 262 g/mol. The van der Waals surface area contributed by atoms with Gasteiger partial charge >= 0.3 is 0 Å². The molecule has 0 saturated carbocycles. The number of hydrogen-bond acceptors (Lipinski definition) is 3. The standard InChI is InChI=1S/C14H18ClN3O/c1-4-12-5-7-13(8-6-12)17-11(2)14(15)9-16-18(3)10-19/h5-10,16H,4H2,1-3H3/b14-9+,17-11?. The van der Waals surface area contributed by atoms with Gasteiger partial charge in [-0.25, -0.2) is 0 Å². The summed E-state index contributed by atoms with van der Waals surface area (Å²) in [6.07, 6.45) is 3.18. The zero-order valence-electron chi connectivity index (χ0n) is 11.4. The SMILES string of the molecule is CCc1ccc(N=C(C)/C(Cl)=C\NN(C)C=O)cc1. The van der Waals surface area contributed by atoms with Gasteiger partial charge in [0.1, 0.15) is 0 Å². The Hall–Kier alpha value is -1.81. The Balaban J connectivity index is 2.76. The van der Waals surface area contributed by atoms with Crippen molar-refractivity contribution in [1.82, 2.24) is 10.4 Å². The Morgan fingerprint density at radius 3 is 2.58 bits per heavy atom. The Morgan fingerprint density at radius 2 is 2.05 bits per heavy atom. The molecule has 4 nitrogen and oxygen atoms in total. The number of nitrogens with zero attached hydrogens (tertiary/aromatic N) is 2. The molecule has 0 radical (unpaired) electrons. The summed E-state index contributed by atoms with van der Waals surface area (Å²) in [6, 6.07) is 8.00. The Bertz CT molecular complexity index is 480. The Kier molecular flexibility index (Phi) is 6.09. The third-order valence-corrected chi connectivity index (χ3v) is 2.92. The highest BCUT2D eigenvalue weighted by molar-refractivity contribution is 6.43. The Morgan fingerprint density at radius 1 is 1.42 bits per heavy atom. The highest BCUT2D eigenvalue weighted by atomic mass is 35.5. The van der Waals surface area contributed by atoms with Crippen molar-refractivity contribution in [3.8, 4) is 0 Å². The predicted molar refractivity (Wildman–Crippen MR) is 79.5 cm³/mol. The summed E-state index contributed by atoms with van der Waals surface area (Å²) in [4.78, 5) is 14.8. The van der Waals surface area contributed by atoms with E-state index < -0.39 is 0 Å². The molecule has 0 spiro atoms. The number of allylic oxidation sites excluding steroid dienone is 1. The number of rotatable bonds is 6. The lowest BCUT2D eigenvalue weighted by Gasteiger charge is -2.09. The number of carbonyl (C=O) groups is 1. The number of carbonyl (C=O) groups excluding carboxylic acids is 1. The first-order valence-corrected chi connectivity index (χ1v) is 6.39. The zero-order chi connectivity index (χ0) is 14.3. The number of aliphatic imine (C=N–C) groups is 1. The van der Waals surface area contributed by atoms with Crippen LogP contribution in [-0.4, -0.2) is 24.2 Å². The highest BCUT2D eigenvalue weighted by Gasteiger charge is 1.99. The first-order chi connectivity index (χ1) is 9.06. The summed E-state index contributed by atoms with van der Waals surface area (Å²) in [5.41, 5.74) is 5.51. The number of halogens is 1. The van der Waals surface area contributed by atoms with E-state index in [9.17, 15) is 4.79 Å². The lowest BCUT2D eigenvalue weighted by molar-refractivity contribution is -0.118. The second-order valence-electron chi connectivity index (χ2n) is 4.05. The van der Waals surface area contributed by atoms with E-state index >= 15 is 0 Å². The largest absolute Gasteiger partial charge is 0.302 e. The second-order valence-corrected chi connectivity index (χ2v) is 4.46. The van der Waals surface area contributed by atoms with Crippen molar-refractivity contribution in [2.24, 2.45) is 4.99 Å². The molecule has 1 N–H and O–H groups in total. The van der Waals surface area contributed by atoms with Crippen molar-refractivity contribution in [3.05, 3.63) is 41.1 Å². The quantitative estimate of drug-likeness (QED) is 0.494. The van der Waals surface area contributed by atoms with E-state index in [1.807, 2.05) is 31.2 Å². The maximum atomic E-state index is 10.4. The molecule has 0 aliphatic carbocycles. The highest BCUT2D eigenvalue weighted by Crippen LogP contribution is 2.16. The van der Waals surface area contributed by atoms with Gasteiger partial charge in [-0.2, -0.15) is 0 Å². The van der Waals surface area contributed by atoms with Crippen molar-refractivity contribution in [1.29, 1.82) is 0 Å². The van der Waals surface area contributed by atoms with Gasteiger partial charge in [0, 0.05) is 13.2 Å². The van der Waals surface area contributed by atoms with Gasteiger partial charge in [-0.1, -0.05) is 30.7 Å². The minimum Gasteiger partial charge on any atom is -0.302 e. The smallest absolute Gasteiger partial charge is 0.227 e. The monoisotopic (exact) mass is 279 g/mol. The van der Waals surface area contributed by atoms with Gasteiger partial charge in [-0.05, 0) is 31.0 Å². The van der Waals surface area contributed by atoms with Crippen LogP contribution in [0.2, 0.25) is 0 Å². The fourth-order valence-electron chi connectivity index (χ4n) is 1.35. The molecular formula is C14H18ClN3O. The molecule has 19 heavy (non-hydrogen) atoms. The van der Waals surface area contributed by atoms with Crippen LogP contribution in [0.5, 0.6) is 0 Å². The molecule has 1 aromatic carbocycles. The minimum atomic E-state index is 0.452. The molecule has 102 valence electrons. The third-order valence-electron chi connectivity index (χ3n) is 2.54. The topological polar surface area (TPSA) is 44.7 Å². The van der Waals surface area contributed by atoms with Gasteiger partial charge < -0.3 is 5.43 Å². The average molecular weight is 280 g/mol. The molecule has 1 amide bonds. The molecule has 0 unspecified atom stereocenters. The van der Waals surface area contributed by atoms with Crippen molar-refractivity contribution < 1.29 is 4.79 Å². The van der Waals surface area contributed by atoms with E-state index in [4.69, 9.17) is 11.6 Å². The second kappa shape index (κ2) is 7.59. The lowest BCUT2D eigenvalue weighted by atomic mass is 10.1. The van der Waals surface area contributed by atoms with Gasteiger partial charge in [0.05, 0.1) is 16.4 Å². The fraction of sp³-hybridized carbons (Fsp3) is 0.286. The first-order valence-electron chi connectivity index (χ1n) is 6.01. The molecule has 0 bridgehead atoms. The third kappa shape index (κ3) is 5.14. The van der Waals surface area contributed by atoms with Crippen LogP contribution in [0.25, 0.3) is 0 Å². The summed E-state index contributed by atoms with van der Waals surface area (Å²) in [7, 11) is 1.59. The lowest BCUT2D eigenvalue weighted by Crippen LogP contribution is -2.28. The number of aryl methyl sites for hydroxylation is 1. The fourth-order valence-corrected chi connectivity index (χ4v) is 1.44. The average Bonchev–Trinajstić information content (AvgIpc) is 2.44. The molecule has 0 fully saturated rings. The molecule has 0 heterocycles. The summed E-state index contributed by atoms with van der Waals surface area (Å²) < 4.78 is 0. The molecule has 0 aromatic heterocycles. The molecule has 5 heteroatoms. The molecule has 0 atom stereocenters. The summed E-state index contributed by atoms with van der Waals surface area (Å²) >= 11 is 6.07. The van der Waals surface area contributed by atoms with E-state index in [1.54, 1.807) is 7.05 Å². The minimum absolute atomic E-state index is 0.452. The van der Waals surface area contributed by atoms with E-state index in [0.717, 1.165) is 12.1 Å². The normalized spacial score (nSPS) is 12.2. The van der Waals surface area contributed by atoms with E-state index in [0.29, 0.717) is 17.2 Å². The molecule has 0 aliphatic rings. The summed E-state index contributed by atoms with van der Waals surface area (Å²) in [6.45, 7) is 3.92. The van der Waals surface area contributed by atoms with Crippen molar-refractivity contribution in [2.75, 3.05) is 7.05 Å². The first kappa shape index (κ1) is 15.2. The van der Waals surface area contributed by atoms with E-state index in [1.165, 1.54) is 16.8 Å². The van der Waals surface area contributed by atoms with Gasteiger partial charge in [-0.15, -0.1) is 0 Å². The van der Waals surface area contributed by atoms with Crippen molar-refractivity contribution in [2.45, 2.75) is 20.3 Å². The van der Waals surface area contributed by atoms with Crippen LogP contribution in [-0.2, 0) is 11.2 Å². The van der Waals surface area contributed by atoms with E-state index in [2.05, 4.69) is 17.3 Å². The van der Waals surface area contributed by atoms with Crippen LogP contribution in [0, 0.1) is 0 Å². The van der Waals surface area contributed by atoms with Gasteiger partial charge in [0.2, 0.25) is 6.41 Å². The number of amides is 1. The maximum absolute atomic E-state index is 10.4. The van der Waals surface area contributed by atoms with Crippen LogP contribution < -0.4 is 5.43 Å². The summed E-state index contributed by atoms with van der Waals surface area (Å²) in [5.74, 6) is 0. The zero-order valence-corrected chi connectivity index (χ0v) is 12.1. The number of hydrazine groups is 1. The molecule has 0 aliphatic heterocycles. The molecule has 1 rings (SSSR count). The van der Waals surface area contributed by atoms with Crippen LogP contribution in [0.15, 0.2) is 40.5 Å². The van der Waals surface area contributed by atoms with Crippen molar-refractivity contribution >= 4 is 29.4 Å². The predicted octanol–water partition coefficient (Wildman–Crippen LogP) is 3.01. The summed E-state index contributed by atoms with van der Waals surface area (Å²) in [5, 5.41) is 1.71.